The molecule has 1 rings (SSSR count). The van der Waals surface area contributed by atoms with Crippen molar-refractivity contribution >= 4 is 21.8 Å². The molecule has 0 aromatic heterocycles. The van der Waals surface area contributed by atoms with Crippen LogP contribution in [0.3, 0.4) is 0 Å². The Balaban J connectivity index is 2.39. The predicted molar refractivity (Wildman–Crippen MR) is 48.8 cm³/mol. The van der Waals surface area contributed by atoms with Crippen molar-refractivity contribution < 1.29 is 4.79 Å². The molecule has 0 aromatic carbocycles. The van der Waals surface area contributed by atoms with Crippen LogP contribution < -0.4 is 0 Å². The summed E-state index contributed by atoms with van der Waals surface area (Å²) in [7, 11) is 0. The van der Waals surface area contributed by atoms with Crippen molar-refractivity contribution in [3.8, 4) is 0 Å². The number of piperidine rings is 1. The third-order valence-electron chi connectivity index (χ3n) is 2.01. The third-order valence-corrected chi connectivity index (χ3v) is 2.40. The molecule has 1 saturated heterocycles. The minimum atomic E-state index is -0.0133. The van der Waals surface area contributed by atoms with Crippen LogP contribution >= 0.6 is 15.9 Å². The van der Waals surface area contributed by atoms with E-state index >= 15 is 0 Å². The zero-order valence-corrected chi connectivity index (χ0v) is 8.43. The first-order valence-corrected chi connectivity index (χ1v) is 5.06. The van der Waals surface area contributed by atoms with Gasteiger partial charge in [0.2, 0.25) is 5.91 Å². The molecule has 11 heavy (non-hydrogen) atoms. The summed E-state index contributed by atoms with van der Waals surface area (Å²) in [6.07, 6.45) is 3.62. The molecule has 0 N–H and O–H groups in total. The first-order valence-electron chi connectivity index (χ1n) is 4.14. The van der Waals surface area contributed by atoms with E-state index in [0.717, 1.165) is 13.1 Å². The Morgan fingerprint density at radius 1 is 1.36 bits per heavy atom. The summed E-state index contributed by atoms with van der Waals surface area (Å²) in [4.78, 5) is 13.3. The second-order valence-corrected chi connectivity index (χ2v) is 4.38. The van der Waals surface area contributed by atoms with E-state index < -0.39 is 0 Å². The van der Waals surface area contributed by atoms with Gasteiger partial charge >= 0.3 is 0 Å². The smallest absolute Gasteiger partial charge is 0.236 e. The third kappa shape index (κ3) is 2.47. The molecule has 1 aliphatic heterocycles. The summed E-state index contributed by atoms with van der Waals surface area (Å²) < 4.78 is 0. The lowest BCUT2D eigenvalue weighted by molar-refractivity contribution is -0.131. The fourth-order valence-electron chi connectivity index (χ4n) is 1.37. The van der Waals surface area contributed by atoms with E-state index in [9.17, 15) is 4.79 Å². The first-order chi connectivity index (χ1) is 5.22. The minimum absolute atomic E-state index is 0.0133. The van der Waals surface area contributed by atoms with E-state index in [-0.39, 0.29) is 10.7 Å². The number of hydrogen-bond acceptors (Lipinski definition) is 1. The lowest BCUT2D eigenvalue weighted by Crippen LogP contribution is -2.39. The zero-order valence-electron chi connectivity index (χ0n) is 6.85. The number of carbonyl (C=O) groups excluding carboxylic acids is 1. The van der Waals surface area contributed by atoms with Gasteiger partial charge in [0.05, 0.1) is 4.83 Å². The molecule has 0 radical (unpaired) electrons. The summed E-state index contributed by atoms with van der Waals surface area (Å²) in [5.74, 6) is 0.240. The van der Waals surface area contributed by atoms with Crippen LogP contribution in [0.2, 0.25) is 0 Å². The summed E-state index contributed by atoms with van der Waals surface area (Å²) in [6, 6.07) is 0. The van der Waals surface area contributed by atoms with Crippen molar-refractivity contribution in [3.05, 3.63) is 0 Å². The molecule has 1 atom stereocenters. The van der Waals surface area contributed by atoms with Gasteiger partial charge in [0.15, 0.2) is 0 Å². The molecule has 0 spiro atoms. The van der Waals surface area contributed by atoms with Crippen molar-refractivity contribution in [2.75, 3.05) is 13.1 Å². The Morgan fingerprint density at radius 2 is 1.91 bits per heavy atom. The van der Waals surface area contributed by atoms with E-state index in [1.165, 1.54) is 19.3 Å². The summed E-state index contributed by atoms with van der Waals surface area (Å²) >= 11 is 3.28. The van der Waals surface area contributed by atoms with Gasteiger partial charge in [-0.25, -0.2) is 0 Å². The molecule has 1 amide bonds. The Hall–Kier alpha value is -0.0500. The van der Waals surface area contributed by atoms with Crippen LogP contribution in [0, 0.1) is 0 Å². The standard InChI is InChI=1S/C8H14BrNO/c1-7(9)8(11)10-5-3-2-4-6-10/h7H,2-6H2,1H3/t7-/m0/s1. The number of halogens is 1. The molecule has 64 valence electrons. The highest BCUT2D eigenvalue weighted by atomic mass is 79.9. The van der Waals surface area contributed by atoms with Gasteiger partial charge in [-0.15, -0.1) is 0 Å². The van der Waals surface area contributed by atoms with Crippen LogP contribution in [-0.2, 0) is 4.79 Å². The average molecular weight is 220 g/mol. The fourth-order valence-corrected chi connectivity index (χ4v) is 1.66. The first kappa shape index (κ1) is 9.04. The second-order valence-electron chi connectivity index (χ2n) is 3.00. The van der Waals surface area contributed by atoms with Crippen molar-refractivity contribution in [1.82, 2.24) is 4.90 Å². The molecule has 1 fully saturated rings. The van der Waals surface area contributed by atoms with Gasteiger partial charge in [0, 0.05) is 13.1 Å². The maximum absolute atomic E-state index is 11.4. The lowest BCUT2D eigenvalue weighted by atomic mass is 10.1. The molecule has 1 heterocycles. The Bertz CT molecular complexity index is 141. The second kappa shape index (κ2) is 4.10. The average Bonchev–Trinajstić information content (AvgIpc) is 2.05. The molecular weight excluding hydrogens is 206 g/mol. The number of rotatable bonds is 1. The zero-order chi connectivity index (χ0) is 8.27. The largest absolute Gasteiger partial charge is 0.342 e. The van der Waals surface area contributed by atoms with E-state index in [1.807, 2.05) is 11.8 Å². The highest BCUT2D eigenvalue weighted by Gasteiger charge is 2.19. The lowest BCUT2D eigenvalue weighted by Gasteiger charge is -2.27. The molecule has 0 bridgehead atoms. The van der Waals surface area contributed by atoms with Crippen molar-refractivity contribution in [1.29, 1.82) is 0 Å². The van der Waals surface area contributed by atoms with Crippen LogP contribution in [-0.4, -0.2) is 28.7 Å². The maximum atomic E-state index is 11.4. The molecule has 0 unspecified atom stereocenters. The Morgan fingerprint density at radius 3 is 2.36 bits per heavy atom. The number of alkyl halides is 1. The van der Waals surface area contributed by atoms with Crippen LogP contribution in [0.4, 0.5) is 0 Å². The summed E-state index contributed by atoms with van der Waals surface area (Å²) in [5.41, 5.74) is 0. The van der Waals surface area contributed by atoms with Crippen LogP contribution in [0.5, 0.6) is 0 Å². The minimum Gasteiger partial charge on any atom is -0.342 e. The van der Waals surface area contributed by atoms with Gasteiger partial charge in [-0.2, -0.15) is 0 Å². The molecule has 0 aromatic rings. The van der Waals surface area contributed by atoms with E-state index in [1.54, 1.807) is 0 Å². The van der Waals surface area contributed by atoms with Crippen LogP contribution in [0.1, 0.15) is 26.2 Å². The summed E-state index contributed by atoms with van der Waals surface area (Å²) in [6.45, 7) is 3.79. The van der Waals surface area contributed by atoms with Crippen molar-refractivity contribution in [3.63, 3.8) is 0 Å². The predicted octanol–water partition coefficient (Wildman–Crippen LogP) is 1.78. The fraction of sp³-hybridized carbons (Fsp3) is 0.875. The van der Waals surface area contributed by atoms with Gasteiger partial charge in [0.25, 0.3) is 0 Å². The Kier molecular flexibility index (Phi) is 3.37. The van der Waals surface area contributed by atoms with Crippen LogP contribution in [0.15, 0.2) is 0 Å². The Labute approximate surface area is 76.1 Å². The van der Waals surface area contributed by atoms with E-state index in [2.05, 4.69) is 15.9 Å². The van der Waals surface area contributed by atoms with Gasteiger partial charge in [-0.1, -0.05) is 15.9 Å². The summed E-state index contributed by atoms with van der Waals surface area (Å²) in [5, 5.41) is 0. The molecule has 1 aliphatic rings. The molecular formula is C8H14BrNO. The highest BCUT2D eigenvalue weighted by Crippen LogP contribution is 2.12. The maximum Gasteiger partial charge on any atom is 0.236 e. The SMILES string of the molecule is C[C@H](Br)C(=O)N1CCCCC1. The van der Waals surface area contributed by atoms with Crippen molar-refractivity contribution in [2.45, 2.75) is 31.0 Å². The van der Waals surface area contributed by atoms with Gasteiger partial charge in [-0.05, 0) is 26.2 Å². The van der Waals surface area contributed by atoms with E-state index in [0.29, 0.717) is 0 Å². The number of nitrogens with zero attached hydrogens (tertiary/aromatic N) is 1. The number of amides is 1. The molecule has 0 saturated carbocycles. The van der Waals surface area contributed by atoms with Crippen LogP contribution in [0.25, 0.3) is 0 Å². The van der Waals surface area contributed by atoms with Gasteiger partial charge in [-0.3, -0.25) is 4.79 Å². The van der Waals surface area contributed by atoms with Gasteiger partial charge in [0.1, 0.15) is 0 Å². The molecule has 0 aliphatic carbocycles. The number of carbonyl (C=O) groups is 1. The number of hydrogen-bond donors (Lipinski definition) is 0. The molecule has 3 heteroatoms. The topological polar surface area (TPSA) is 20.3 Å². The normalized spacial score (nSPS) is 21.5. The molecule has 2 nitrogen and oxygen atoms in total. The number of likely N-dealkylation sites (tertiary alicyclic amines) is 1. The van der Waals surface area contributed by atoms with Crippen molar-refractivity contribution in [2.24, 2.45) is 0 Å². The van der Waals surface area contributed by atoms with E-state index in [4.69, 9.17) is 0 Å². The highest BCUT2D eigenvalue weighted by molar-refractivity contribution is 9.10. The monoisotopic (exact) mass is 219 g/mol. The van der Waals surface area contributed by atoms with Gasteiger partial charge < -0.3 is 4.90 Å². The quantitative estimate of drug-likeness (QED) is 0.617.